The molecule has 2 aliphatic rings. The van der Waals surface area contributed by atoms with E-state index in [0.717, 1.165) is 25.7 Å². The summed E-state index contributed by atoms with van der Waals surface area (Å²) < 4.78 is 3.30. The molecular formula is C28H37N7O4. The van der Waals surface area contributed by atoms with Gasteiger partial charge in [-0.15, -0.1) is 0 Å². The van der Waals surface area contributed by atoms with Crippen molar-refractivity contribution in [2.75, 3.05) is 0 Å². The van der Waals surface area contributed by atoms with Crippen molar-refractivity contribution in [1.29, 1.82) is 0 Å². The molecule has 0 aromatic carbocycles. The van der Waals surface area contributed by atoms with E-state index in [1.165, 1.54) is 0 Å². The predicted octanol–water partition coefficient (Wildman–Crippen LogP) is 3.16. The number of aliphatic carboxylic acids is 1. The van der Waals surface area contributed by atoms with Crippen LogP contribution in [0.1, 0.15) is 87.2 Å². The van der Waals surface area contributed by atoms with Crippen molar-refractivity contribution in [3.8, 4) is 0 Å². The Bertz CT molecular complexity index is 1370. The van der Waals surface area contributed by atoms with Crippen LogP contribution in [0.4, 0.5) is 0 Å². The van der Waals surface area contributed by atoms with Crippen molar-refractivity contribution in [2.24, 2.45) is 17.3 Å². The van der Waals surface area contributed by atoms with Gasteiger partial charge in [0.15, 0.2) is 11.1 Å². The zero-order chi connectivity index (χ0) is 27.7. The molecule has 0 radical (unpaired) electrons. The topological polar surface area (TPSA) is 144 Å². The van der Waals surface area contributed by atoms with Crippen LogP contribution in [0.3, 0.4) is 0 Å². The molecule has 1 aliphatic carbocycles. The number of hydrogen-bond donors (Lipinski definition) is 3. The number of fused-ring (bicyclic) bond motifs is 1. The Hall–Kier alpha value is -3.76. The number of rotatable bonds is 9. The third-order valence-electron chi connectivity index (χ3n) is 8.53. The van der Waals surface area contributed by atoms with Crippen molar-refractivity contribution in [3.05, 3.63) is 47.7 Å². The fourth-order valence-corrected chi connectivity index (χ4v) is 6.09. The number of aryl methyl sites for hydroxylation is 1. The van der Waals surface area contributed by atoms with Crippen molar-refractivity contribution in [3.63, 3.8) is 0 Å². The Labute approximate surface area is 227 Å². The highest BCUT2D eigenvalue weighted by Crippen LogP contribution is 2.37. The van der Waals surface area contributed by atoms with Gasteiger partial charge in [-0.2, -0.15) is 10.2 Å². The first kappa shape index (κ1) is 26.8. The summed E-state index contributed by atoms with van der Waals surface area (Å²) >= 11 is 0. The highest BCUT2D eigenvalue weighted by molar-refractivity contribution is 6.04. The molecule has 4 heterocycles. The van der Waals surface area contributed by atoms with E-state index in [1.807, 2.05) is 20.0 Å². The maximum atomic E-state index is 13.3. The molecule has 11 heteroatoms. The molecule has 1 saturated heterocycles. The lowest BCUT2D eigenvalue weighted by Gasteiger charge is -2.32. The molecule has 11 nitrogen and oxygen atoms in total. The van der Waals surface area contributed by atoms with Crippen LogP contribution in [0.15, 0.2) is 30.6 Å². The van der Waals surface area contributed by atoms with Crippen molar-refractivity contribution >= 4 is 23.4 Å². The quantitative estimate of drug-likeness (QED) is 0.357. The number of nitrogens with zero attached hydrogens (tertiary/aromatic N) is 5. The lowest BCUT2D eigenvalue weighted by Crippen LogP contribution is -2.41. The minimum Gasteiger partial charge on any atom is -0.480 e. The monoisotopic (exact) mass is 535 g/mol. The van der Waals surface area contributed by atoms with E-state index < -0.39 is 17.3 Å². The van der Waals surface area contributed by atoms with Crippen molar-refractivity contribution < 1.29 is 19.5 Å². The molecule has 1 unspecified atom stereocenters. The highest BCUT2D eigenvalue weighted by atomic mass is 16.4. The van der Waals surface area contributed by atoms with Gasteiger partial charge in [0, 0.05) is 25.2 Å². The second-order valence-corrected chi connectivity index (χ2v) is 11.1. The summed E-state index contributed by atoms with van der Waals surface area (Å²) in [6.07, 6.45) is 8.50. The standard InChI is InChI=1S/C28H37N7O4/c1-4-19-14-28(27(38)39,26(37)30-19)15-20-10-11-23-31-21(16-35(23)33-20)24(18-8-6-17(3)7-9-18)32-25(36)22-12-13-29-34(22)5-2/h10-13,16-19,24H,4-9,14-15H2,1-3H3,(H,30,37)(H,32,36)(H,38,39)/t17?,18?,19-,24+,28?/m1/s1. The van der Waals surface area contributed by atoms with Gasteiger partial charge in [-0.3, -0.25) is 19.1 Å². The fourth-order valence-electron chi connectivity index (χ4n) is 6.09. The van der Waals surface area contributed by atoms with Crippen LogP contribution >= 0.6 is 0 Å². The Kier molecular flexibility index (Phi) is 7.42. The Morgan fingerprint density at radius 3 is 2.64 bits per heavy atom. The zero-order valence-electron chi connectivity index (χ0n) is 22.8. The van der Waals surface area contributed by atoms with E-state index in [-0.39, 0.29) is 36.8 Å². The van der Waals surface area contributed by atoms with E-state index in [0.29, 0.717) is 41.6 Å². The summed E-state index contributed by atoms with van der Waals surface area (Å²) in [5.41, 5.74) is 0.785. The second-order valence-electron chi connectivity index (χ2n) is 11.1. The van der Waals surface area contributed by atoms with Gasteiger partial charge < -0.3 is 15.7 Å². The number of aromatic nitrogens is 5. The molecule has 208 valence electrons. The Morgan fingerprint density at radius 1 is 1.21 bits per heavy atom. The van der Waals surface area contributed by atoms with Crippen molar-refractivity contribution in [1.82, 2.24) is 35.0 Å². The number of carboxylic acids is 1. The lowest BCUT2D eigenvalue weighted by atomic mass is 9.78. The van der Waals surface area contributed by atoms with Gasteiger partial charge in [0.1, 0.15) is 5.69 Å². The van der Waals surface area contributed by atoms with E-state index in [2.05, 4.69) is 27.8 Å². The summed E-state index contributed by atoms with van der Waals surface area (Å²) in [5.74, 6) is -0.896. The Morgan fingerprint density at radius 2 is 1.97 bits per heavy atom. The van der Waals surface area contributed by atoms with Gasteiger partial charge in [0.05, 0.1) is 23.6 Å². The normalized spacial score (nSPS) is 25.9. The molecule has 3 atom stereocenters. The zero-order valence-corrected chi connectivity index (χ0v) is 22.8. The first-order valence-electron chi connectivity index (χ1n) is 14.0. The maximum Gasteiger partial charge on any atom is 0.319 e. The third kappa shape index (κ3) is 5.14. The first-order valence-corrected chi connectivity index (χ1v) is 14.0. The van der Waals surface area contributed by atoms with Gasteiger partial charge in [-0.25, -0.2) is 9.50 Å². The van der Waals surface area contributed by atoms with Crippen molar-refractivity contribution in [2.45, 2.75) is 84.3 Å². The molecular weight excluding hydrogens is 498 g/mol. The molecule has 2 fully saturated rings. The highest BCUT2D eigenvalue weighted by Gasteiger charge is 2.53. The largest absolute Gasteiger partial charge is 0.480 e. The van der Waals surface area contributed by atoms with Gasteiger partial charge in [-0.05, 0) is 62.6 Å². The first-order chi connectivity index (χ1) is 18.7. The van der Waals surface area contributed by atoms with Gasteiger partial charge in [0.25, 0.3) is 5.91 Å². The number of carboxylic acid groups (broad SMARTS) is 1. The number of hydrogen-bond acceptors (Lipinski definition) is 6. The summed E-state index contributed by atoms with van der Waals surface area (Å²) in [5, 5.41) is 24.9. The minimum absolute atomic E-state index is 0.00416. The number of carbonyl (C=O) groups excluding carboxylic acids is 2. The van der Waals surface area contributed by atoms with Crippen LogP contribution in [0.5, 0.6) is 0 Å². The Balaban J connectivity index is 1.44. The SMILES string of the molecule is CC[C@@H]1CC(Cc2ccc3nc([C@@H](NC(=O)c4ccnn4CC)C4CCC(C)CC4)cn3n2)(C(=O)O)C(=O)N1. The predicted molar refractivity (Wildman–Crippen MR) is 143 cm³/mol. The van der Waals surface area contributed by atoms with Crippen LogP contribution < -0.4 is 10.6 Å². The number of carbonyl (C=O) groups is 3. The molecule has 39 heavy (non-hydrogen) atoms. The molecule has 0 spiro atoms. The van der Waals surface area contributed by atoms with E-state index in [9.17, 15) is 19.5 Å². The smallest absolute Gasteiger partial charge is 0.319 e. The van der Waals surface area contributed by atoms with E-state index in [4.69, 9.17) is 4.98 Å². The van der Waals surface area contributed by atoms with Crippen LogP contribution in [-0.4, -0.2) is 53.3 Å². The summed E-state index contributed by atoms with van der Waals surface area (Å²) in [7, 11) is 0. The van der Waals surface area contributed by atoms with Gasteiger partial charge in [-0.1, -0.05) is 26.7 Å². The second kappa shape index (κ2) is 10.8. The van der Waals surface area contributed by atoms with E-state index in [1.54, 1.807) is 33.6 Å². The molecule has 1 saturated carbocycles. The number of amides is 2. The van der Waals surface area contributed by atoms with Crippen LogP contribution in [0.25, 0.3) is 5.65 Å². The average Bonchev–Trinajstić information content (AvgIpc) is 3.65. The molecule has 5 rings (SSSR count). The minimum atomic E-state index is -1.54. The van der Waals surface area contributed by atoms with Crippen LogP contribution in [0.2, 0.25) is 0 Å². The number of nitrogens with one attached hydrogen (secondary N) is 2. The summed E-state index contributed by atoms with van der Waals surface area (Å²) in [6, 6.07) is 4.78. The molecule has 0 bridgehead atoms. The maximum absolute atomic E-state index is 13.3. The van der Waals surface area contributed by atoms with Gasteiger partial charge in [0.2, 0.25) is 5.91 Å². The molecule has 3 N–H and O–H groups in total. The molecule has 3 aromatic heterocycles. The van der Waals surface area contributed by atoms with Gasteiger partial charge >= 0.3 is 5.97 Å². The number of imidazole rings is 1. The van der Waals surface area contributed by atoms with Crippen LogP contribution in [0, 0.1) is 17.3 Å². The summed E-state index contributed by atoms with van der Waals surface area (Å²) in [4.78, 5) is 43.1. The average molecular weight is 536 g/mol. The van der Waals surface area contributed by atoms with Crippen LogP contribution in [-0.2, 0) is 22.6 Å². The fraction of sp³-hybridized carbons (Fsp3) is 0.571. The molecule has 3 aromatic rings. The summed E-state index contributed by atoms with van der Waals surface area (Å²) in [6.45, 7) is 6.73. The third-order valence-corrected chi connectivity index (χ3v) is 8.53. The lowest BCUT2D eigenvalue weighted by molar-refractivity contribution is -0.153. The molecule has 2 amide bonds. The van der Waals surface area contributed by atoms with E-state index >= 15 is 0 Å². The molecule has 1 aliphatic heterocycles.